The van der Waals surface area contributed by atoms with E-state index in [0.29, 0.717) is 12.1 Å². The summed E-state index contributed by atoms with van der Waals surface area (Å²) in [7, 11) is 0. The minimum absolute atomic E-state index is 0.253. The number of benzene rings is 1. The van der Waals surface area contributed by atoms with E-state index in [0.717, 1.165) is 25.9 Å². The summed E-state index contributed by atoms with van der Waals surface area (Å²) < 4.78 is 0. The Morgan fingerprint density at radius 1 is 1.39 bits per heavy atom. The van der Waals surface area contributed by atoms with Crippen LogP contribution in [-0.2, 0) is 0 Å². The second-order valence-corrected chi connectivity index (χ2v) is 5.24. The second-order valence-electron chi connectivity index (χ2n) is 5.24. The maximum absolute atomic E-state index is 9.26. The molecular weight excluding hydrogens is 224 g/mol. The van der Waals surface area contributed by atoms with Crippen molar-refractivity contribution in [3.05, 3.63) is 29.8 Å². The molecule has 1 aliphatic heterocycles. The quantitative estimate of drug-likeness (QED) is 0.858. The van der Waals surface area contributed by atoms with Gasteiger partial charge in [0.05, 0.1) is 0 Å². The number of nitrogens with zero attached hydrogens (tertiary/aromatic N) is 1. The number of nitrogens with one attached hydrogen (secondary N) is 1. The number of rotatable bonds is 3. The van der Waals surface area contributed by atoms with Crippen molar-refractivity contribution in [1.29, 1.82) is 0 Å². The lowest BCUT2D eigenvalue weighted by Gasteiger charge is -2.32. The summed E-state index contributed by atoms with van der Waals surface area (Å²) >= 11 is 0. The second kappa shape index (κ2) is 6.21. The van der Waals surface area contributed by atoms with Gasteiger partial charge >= 0.3 is 0 Å². The van der Waals surface area contributed by atoms with Crippen molar-refractivity contribution >= 4 is 5.69 Å². The molecule has 2 rings (SSSR count). The number of hydrogen-bond acceptors (Lipinski definition) is 3. The average Bonchev–Trinajstić information content (AvgIpc) is 2.54. The van der Waals surface area contributed by atoms with Gasteiger partial charge in [0.1, 0.15) is 0 Å². The fourth-order valence-corrected chi connectivity index (χ4v) is 2.67. The Bertz CT molecular complexity index is 381. The molecule has 1 aromatic carbocycles. The molecule has 0 aromatic heterocycles. The van der Waals surface area contributed by atoms with Crippen LogP contribution >= 0.6 is 0 Å². The molecule has 2 atom stereocenters. The molecule has 18 heavy (non-hydrogen) atoms. The van der Waals surface area contributed by atoms with Crippen molar-refractivity contribution in [2.75, 3.05) is 24.6 Å². The average molecular weight is 248 g/mol. The molecule has 0 saturated carbocycles. The summed E-state index contributed by atoms with van der Waals surface area (Å²) in [5.74, 6) is 0. The van der Waals surface area contributed by atoms with Crippen LogP contribution in [0.3, 0.4) is 0 Å². The molecule has 0 spiro atoms. The lowest BCUT2D eigenvalue weighted by atomic mass is 10.1. The first-order chi connectivity index (χ1) is 8.72. The van der Waals surface area contributed by atoms with Gasteiger partial charge in [0.15, 0.2) is 0 Å². The first-order valence-electron chi connectivity index (χ1n) is 6.89. The summed E-state index contributed by atoms with van der Waals surface area (Å²) in [5, 5.41) is 12.8. The maximum Gasteiger partial charge on any atom is 0.0451 e. The number of aliphatic hydroxyl groups is 1. The molecule has 1 aliphatic rings. The number of hydrogen-bond donors (Lipinski definition) is 2. The maximum atomic E-state index is 9.26. The van der Waals surface area contributed by atoms with Gasteiger partial charge in [-0.15, -0.1) is 0 Å². The molecule has 2 unspecified atom stereocenters. The van der Waals surface area contributed by atoms with Gasteiger partial charge in [0, 0.05) is 37.5 Å². The molecule has 1 fully saturated rings. The highest BCUT2D eigenvalue weighted by Crippen LogP contribution is 2.24. The molecule has 0 amide bonds. The molecule has 2 N–H and O–H groups in total. The lowest BCUT2D eigenvalue weighted by molar-refractivity contribution is 0.272. The summed E-state index contributed by atoms with van der Waals surface area (Å²) in [5.41, 5.74) is 2.63. The fourth-order valence-electron chi connectivity index (χ4n) is 2.67. The zero-order chi connectivity index (χ0) is 13.0. The minimum Gasteiger partial charge on any atom is -0.396 e. The first kappa shape index (κ1) is 13.4. The molecule has 0 aliphatic carbocycles. The van der Waals surface area contributed by atoms with Gasteiger partial charge in [0.25, 0.3) is 0 Å². The van der Waals surface area contributed by atoms with Crippen LogP contribution in [0.1, 0.15) is 25.3 Å². The van der Waals surface area contributed by atoms with E-state index in [1.165, 1.54) is 11.3 Å². The SMILES string of the molecule is Cc1ccccc1N1CCC(C)NCC1CCO. The highest BCUT2D eigenvalue weighted by Gasteiger charge is 2.23. The van der Waals surface area contributed by atoms with E-state index in [-0.39, 0.29) is 6.61 Å². The molecule has 1 heterocycles. The fraction of sp³-hybridized carbons (Fsp3) is 0.600. The third kappa shape index (κ3) is 3.03. The highest BCUT2D eigenvalue weighted by atomic mass is 16.3. The summed E-state index contributed by atoms with van der Waals surface area (Å²) in [6.45, 7) is 6.66. The van der Waals surface area contributed by atoms with Gasteiger partial charge < -0.3 is 15.3 Å². The van der Waals surface area contributed by atoms with Crippen molar-refractivity contribution in [2.24, 2.45) is 0 Å². The molecule has 3 nitrogen and oxygen atoms in total. The number of para-hydroxylation sites is 1. The summed E-state index contributed by atoms with van der Waals surface area (Å²) in [6, 6.07) is 9.47. The molecule has 0 radical (unpaired) electrons. The van der Waals surface area contributed by atoms with E-state index >= 15 is 0 Å². The predicted molar refractivity (Wildman–Crippen MR) is 76.1 cm³/mol. The third-order valence-electron chi connectivity index (χ3n) is 3.83. The Morgan fingerprint density at radius 2 is 2.17 bits per heavy atom. The smallest absolute Gasteiger partial charge is 0.0451 e. The summed E-state index contributed by atoms with van der Waals surface area (Å²) in [4.78, 5) is 2.46. The standard InChI is InChI=1S/C15H24N2O/c1-12-5-3-4-6-15(12)17-9-7-13(2)16-11-14(17)8-10-18/h3-6,13-14,16,18H,7-11H2,1-2H3. The number of aliphatic hydroxyl groups excluding tert-OH is 1. The van der Waals surface area contributed by atoms with Crippen molar-refractivity contribution < 1.29 is 5.11 Å². The van der Waals surface area contributed by atoms with Crippen LogP contribution in [0.4, 0.5) is 5.69 Å². The molecule has 1 saturated heterocycles. The molecule has 100 valence electrons. The van der Waals surface area contributed by atoms with E-state index in [2.05, 4.69) is 48.3 Å². The third-order valence-corrected chi connectivity index (χ3v) is 3.83. The van der Waals surface area contributed by atoms with Crippen molar-refractivity contribution in [3.8, 4) is 0 Å². The van der Waals surface area contributed by atoms with Crippen LogP contribution < -0.4 is 10.2 Å². The van der Waals surface area contributed by atoms with Crippen LogP contribution in [0.2, 0.25) is 0 Å². The Hall–Kier alpha value is -1.06. The van der Waals surface area contributed by atoms with E-state index in [1.807, 2.05) is 0 Å². The van der Waals surface area contributed by atoms with E-state index in [9.17, 15) is 5.11 Å². The number of anilines is 1. The van der Waals surface area contributed by atoms with Gasteiger partial charge in [0.2, 0.25) is 0 Å². The van der Waals surface area contributed by atoms with E-state index < -0.39 is 0 Å². The topological polar surface area (TPSA) is 35.5 Å². The van der Waals surface area contributed by atoms with Gasteiger partial charge in [-0.2, -0.15) is 0 Å². The molecular formula is C15H24N2O. The predicted octanol–water partition coefficient (Wildman–Crippen LogP) is 1.93. The van der Waals surface area contributed by atoms with Gasteiger partial charge in [-0.25, -0.2) is 0 Å². The molecule has 1 aromatic rings. The largest absolute Gasteiger partial charge is 0.396 e. The molecule has 0 bridgehead atoms. The lowest BCUT2D eigenvalue weighted by Crippen LogP contribution is -2.41. The van der Waals surface area contributed by atoms with Gasteiger partial charge in [-0.3, -0.25) is 0 Å². The zero-order valence-electron chi connectivity index (χ0n) is 11.4. The van der Waals surface area contributed by atoms with Crippen LogP contribution in [0.25, 0.3) is 0 Å². The Morgan fingerprint density at radius 3 is 2.89 bits per heavy atom. The van der Waals surface area contributed by atoms with Crippen LogP contribution in [0.5, 0.6) is 0 Å². The monoisotopic (exact) mass is 248 g/mol. The van der Waals surface area contributed by atoms with Crippen LogP contribution in [0.15, 0.2) is 24.3 Å². The Labute approximate surface area is 110 Å². The normalized spacial score (nSPS) is 24.9. The molecule has 3 heteroatoms. The Kier molecular flexibility index (Phi) is 4.61. The van der Waals surface area contributed by atoms with Crippen LogP contribution in [0, 0.1) is 6.92 Å². The zero-order valence-corrected chi connectivity index (χ0v) is 11.4. The summed E-state index contributed by atoms with van der Waals surface area (Å²) in [6.07, 6.45) is 1.98. The number of aryl methyl sites for hydroxylation is 1. The van der Waals surface area contributed by atoms with E-state index in [1.54, 1.807) is 0 Å². The highest BCUT2D eigenvalue weighted by molar-refractivity contribution is 5.54. The first-order valence-corrected chi connectivity index (χ1v) is 6.89. The minimum atomic E-state index is 0.253. The van der Waals surface area contributed by atoms with Gasteiger partial charge in [-0.1, -0.05) is 18.2 Å². The van der Waals surface area contributed by atoms with Crippen molar-refractivity contribution in [1.82, 2.24) is 5.32 Å². The van der Waals surface area contributed by atoms with E-state index in [4.69, 9.17) is 0 Å². The van der Waals surface area contributed by atoms with Crippen molar-refractivity contribution in [3.63, 3.8) is 0 Å². The Balaban J connectivity index is 2.23. The van der Waals surface area contributed by atoms with Gasteiger partial charge in [-0.05, 0) is 38.3 Å². The van der Waals surface area contributed by atoms with Crippen LogP contribution in [-0.4, -0.2) is 36.9 Å². The van der Waals surface area contributed by atoms with Crippen molar-refractivity contribution in [2.45, 2.75) is 38.8 Å².